The summed E-state index contributed by atoms with van der Waals surface area (Å²) in [7, 11) is 0. The Morgan fingerprint density at radius 3 is 1.88 bits per heavy atom. The summed E-state index contributed by atoms with van der Waals surface area (Å²) >= 11 is 0. The molecule has 0 spiro atoms. The first kappa shape index (κ1) is 6.96. The van der Waals surface area contributed by atoms with Crippen LogP contribution in [0.5, 0.6) is 0 Å². The highest BCUT2D eigenvalue weighted by Gasteiger charge is 2.09. The van der Waals surface area contributed by atoms with Crippen LogP contribution in [0.1, 0.15) is 19.3 Å². The zero-order chi connectivity index (χ0) is 6.41. The van der Waals surface area contributed by atoms with E-state index in [-0.39, 0.29) is 0 Å². The van der Waals surface area contributed by atoms with Crippen molar-refractivity contribution in [3.8, 4) is 6.26 Å². The smallest absolute Gasteiger partial charge is 0.283 e. The monoisotopic (exact) mass is 113 g/mol. The van der Waals surface area contributed by atoms with Crippen LogP contribution in [0.4, 0.5) is 0 Å². The summed E-state index contributed by atoms with van der Waals surface area (Å²) in [6.45, 7) is 0. The zero-order valence-electron chi connectivity index (χ0n) is 4.42. The summed E-state index contributed by atoms with van der Waals surface area (Å²) in [5, 5.41) is 13.8. The molecule has 1 fully saturated rings. The van der Waals surface area contributed by atoms with Crippen molar-refractivity contribution in [2.24, 2.45) is 0 Å². The SMILES string of the molecule is N#CO.O=C1CCC1. The number of aliphatic hydroxyl groups is 1. The number of nitrogens with zero attached hydrogens (tertiary/aromatic N) is 1. The molecular formula is C5H7NO2. The van der Waals surface area contributed by atoms with Gasteiger partial charge in [0.2, 0.25) is 0 Å². The molecule has 1 N–H and O–H groups in total. The molecular weight excluding hydrogens is 106 g/mol. The van der Waals surface area contributed by atoms with Gasteiger partial charge in [0.15, 0.2) is 0 Å². The number of aliphatic hydroxyl groups excluding tert-OH is 1. The Hall–Kier alpha value is -1.04. The fourth-order valence-electron chi connectivity index (χ4n) is 0.321. The molecule has 1 aliphatic carbocycles. The quantitative estimate of drug-likeness (QED) is 0.467. The van der Waals surface area contributed by atoms with E-state index in [2.05, 4.69) is 0 Å². The highest BCUT2D eigenvalue weighted by Crippen LogP contribution is 2.10. The summed E-state index contributed by atoms with van der Waals surface area (Å²) in [6, 6.07) is 0. The second-order valence-electron chi connectivity index (χ2n) is 1.49. The lowest BCUT2D eigenvalue weighted by Crippen LogP contribution is -2.07. The lowest BCUT2D eigenvalue weighted by Gasteiger charge is -2.05. The summed E-state index contributed by atoms with van der Waals surface area (Å²) < 4.78 is 0. The van der Waals surface area contributed by atoms with Crippen molar-refractivity contribution in [3.05, 3.63) is 0 Å². The van der Waals surface area contributed by atoms with Gasteiger partial charge in [-0.15, -0.1) is 0 Å². The highest BCUT2D eigenvalue weighted by molar-refractivity contribution is 5.83. The number of Topliss-reactive ketones (excluding diaryl/α,β-unsaturated/α-hetero) is 1. The third-order valence-corrected chi connectivity index (χ3v) is 0.911. The van der Waals surface area contributed by atoms with Gasteiger partial charge in [-0.05, 0) is 6.42 Å². The Morgan fingerprint density at radius 2 is 1.88 bits per heavy atom. The van der Waals surface area contributed by atoms with Crippen molar-refractivity contribution in [2.75, 3.05) is 0 Å². The Labute approximate surface area is 47.5 Å². The lowest BCUT2D eigenvalue weighted by atomic mass is 9.99. The van der Waals surface area contributed by atoms with E-state index < -0.39 is 0 Å². The van der Waals surface area contributed by atoms with Crippen LogP contribution in [0.2, 0.25) is 0 Å². The van der Waals surface area contributed by atoms with Crippen LogP contribution in [0.25, 0.3) is 0 Å². The Kier molecular flexibility index (Phi) is 3.59. The minimum atomic E-state index is 0.435. The van der Waals surface area contributed by atoms with Gasteiger partial charge in [0.1, 0.15) is 5.78 Å². The van der Waals surface area contributed by atoms with E-state index in [0.29, 0.717) is 5.78 Å². The van der Waals surface area contributed by atoms with Gasteiger partial charge in [-0.1, -0.05) is 0 Å². The maximum atomic E-state index is 9.90. The van der Waals surface area contributed by atoms with Crippen LogP contribution in [-0.2, 0) is 4.79 Å². The average molecular weight is 113 g/mol. The molecule has 0 amide bonds. The standard InChI is InChI=1S/C4H6O.CHNO/c5-4-2-1-3-4;2-1-3/h1-3H2;3H. The van der Waals surface area contributed by atoms with E-state index in [0.717, 1.165) is 25.5 Å². The number of ketones is 1. The lowest BCUT2D eigenvalue weighted by molar-refractivity contribution is -0.123. The van der Waals surface area contributed by atoms with E-state index >= 15 is 0 Å². The summed E-state index contributed by atoms with van der Waals surface area (Å²) in [5.41, 5.74) is 0. The highest BCUT2D eigenvalue weighted by atomic mass is 16.2. The average Bonchev–Trinajstić information content (AvgIpc) is 1.64. The minimum absolute atomic E-state index is 0.435. The third kappa shape index (κ3) is 3.16. The normalized spacial score (nSPS) is 14.6. The number of hydrogen-bond acceptors (Lipinski definition) is 3. The second kappa shape index (κ2) is 4.13. The number of rotatable bonds is 0. The maximum absolute atomic E-state index is 9.90. The number of nitriles is 1. The molecule has 0 bridgehead atoms. The Morgan fingerprint density at radius 1 is 1.62 bits per heavy atom. The topological polar surface area (TPSA) is 61.1 Å². The van der Waals surface area contributed by atoms with Gasteiger partial charge < -0.3 is 5.11 Å². The zero-order valence-corrected chi connectivity index (χ0v) is 4.42. The van der Waals surface area contributed by atoms with Crippen LogP contribution < -0.4 is 0 Å². The van der Waals surface area contributed by atoms with Crippen molar-refractivity contribution < 1.29 is 9.90 Å². The summed E-state index contributed by atoms with van der Waals surface area (Å²) in [5.74, 6) is 0.435. The molecule has 44 valence electrons. The van der Waals surface area contributed by atoms with Gasteiger partial charge in [0, 0.05) is 12.8 Å². The molecule has 0 heterocycles. The molecule has 0 atom stereocenters. The van der Waals surface area contributed by atoms with Crippen LogP contribution in [0, 0.1) is 11.5 Å². The first-order valence-corrected chi connectivity index (χ1v) is 2.36. The van der Waals surface area contributed by atoms with Crippen LogP contribution in [-0.4, -0.2) is 10.9 Å². The molecule has 0 aromatic carbocycles. The molecule has 0 saturated heterocycles. The Bertz CT molecular complexity index is 108. The van der Waals surface area contributed by atoms with Crippen molar-refractivity contribution in [2.45, 2.75) is 19.3 Å². The predicted octanol–water partition coefficient (Wildman–Crippen LogP) is 0.579. The molecule has 0 aromatic rings. The number of carbonyl (C=O) groups is 1. The third-order valence-electron chi connectivity index (χ3n) is 0.911. The molecule has 0 radical (unpaired) electrons. The van der Waals surface area contributed by atoms with Crippen molar-refractivity contribution >= 4 is 5.78 Å². The van der Waals surface area contributed by atoms with Gasteiger partial charge >= 0.3 is 0 Å². The van der Waals surface area contributed by atoms with Crippen LogP contribution in [0.3, 0.4) is 0 Å². The number of hydrogen-bond donors (Lipinski definition) is 1. The molecule has 0 aliphatic heterocycles. The molecule has 3 nitrogen and oxygen atoms in total. The molecule has 3 heteroatoms. The fourth-order valence-corrected chi connectivity index (χ4v) is 0.321. The first-order valence-electron chi connectivity index (χ1n) is 2.36. The molecule has 0 unspecified atom stereocenters. The summed E-state index contributed by atoms with van der Waals surface area (Å²) in [4.78, 5) is 9.90. The predicted molar refractivity (Wildman–Crippen MR) is 26.4 cm³/mol. The fraction of sp³-hybridized carbons (Fsp3) is 0.600. The molecule has 1 saturated carbocycles. The van der Waals surface area contributed by atoms with Gasteiger partial charge in [0.05, 0.1) is 0 Å². The van der Waals surface area contributed by atoms with Gasteiger partial charge in [-0.3, -0.25) is 4.79 Å². The minimum Gasteiger partial charge on any atom is -0.443 e. The van der Waals surface area contributed by atoms with Crippen molar-refractivity contribution in [1.82, 2.24) is 0 Å². The molecule has 1 rings (SSSR count). The van der Waals surface area contributed by atoms with E-state index in [1.807, 2.05) is 0 Å². The van der Waals surface area contributed by atoms with Crippen LogP contribution >= 0.6 is 0 Å². The van der Waals surface area contributed by atoms with Gasteiger partial charge in [-0.25, -0.2) is 0 Å². The van der Waals surface area contributed by atoms with Crippen LogP contribution in [0.15, 0.2) is 0 Å². The van der Waals surface area contributed by atoms with E-state index in [9.17, 15) is 4.79 Å². The van der Waals surface area contributed by atoms with Crippen molar-refractivity contribution in [3.63, 3.8) is 0 Å². The molecule has 0 aromatic heterocycles. The maximum Gasteiger partial charge on any atom is 0.283 e. The Balaban J connectivity index is 0.000000145. The van der Waals surface area contributed by atoms with E-state index in [4.69, 9.17) is 10.4 Å². The molecule has 8 heavy (non-hydrogen) atoms. The van der Waals surface area contributed by atoms with E-state index in [1.165, 1.54) is 0 Å². The van der Waals surface area contributed by atoms with Gasteiger partial charge in [0.25, 0.3) is 6.26 Å². The first-order chi connectivity index (χ1) is 3.81. The molecule has 1 aliphatic rings. The second-order valence-corrected chi connectivity index (χ2v) is 1.49. The van der Waals surface area contributed by atoms with E-state index in [1.54, 1.807) is 0 Å². The summed E-state index contributed by atoms with van der Waals surface area (Å²) in [6.07, 6.45) is 3.58. The van der Waals surface area contributed by atoms with Crippen molar-refractivity contribution in [1.29, 1.82) is 5.26 Å². The number of carbonyl (C=O) groups excluding carboxylic acids is 1. The largest absolute Gasteiger partial charge is 0.443 e. The van der Waals surface area contributed by atoms with Gasteiger partial charge in [-0.2, -0.15) is 5.26 Å².